The van der Waals surface area contributed by atoms with Crippen LogP contribution in [0.25, 0.3) is 0 Å². The average Bonchev–Trinajstić information content (AvgIpc) is 2.17. The normalized spacial score (nSPS) is 13.6. The first kappa shape index (κ1) is 10.9. The molecule has 1 unspecified atom stereocenters. The summed E-state index contributed by atoms with van der Waals surface area (Å²) >= 11 is 0. The molecule has 5 heteroatoms. The summed E-state index contributed by atoms with van der Waals surface area (Å²) in [5.74, 6) is 0. The van der Waals surface area contributed by atoms with Gasteiger partial charge in [-0.3, -0.25) is 4.79 Å². The SMILES string of the molecule is CC(O)S(=O)(=O)c1ccccc1C=O. The smallest absolute Gasteiger partial charge is 0.205 e. The molecule has 0 aliphatic carbocycles. The van der Waals surface area contributed by atoms with Crippen LogP contribution in [-0.4, -0.2) is 25.2 Å². The number of carbonyl (C=O) groups is 1. The maximum Gasteiger partial charge on any atom is 0.205 e. The molecule has 1 atom stereocenters. The third-order valence-electron chi connectivity index (χ3n) is 1.80. The van der Waals surface area contributed by atoms with E-state index in [1.807, 2.05) is 0 Å². The Morgan fingerprint density at radius 1 is 1.36 bits per heavy atom. The van der Waals surface area contributed by atoms with Crippen LogP contribution in [0.1, 0.15) is 17.3 Å². The topological polar surface area (TPSA) is 71.4 Å². The van der Waals surface area contributed by atoms with E-state index in [2.05, 4.69) is 0 Å². The van der Waals surface area contributed by atoms with Crippen molar-refractivity contribution in [1.29, 1.82) is 0 Å². The molecule has 0 saturated carbocycles. The molecular formula is C9H10O4S. The van der Waals surface area contributed by atoms with Gasteiger partial charge in [0.1, 0.15) is 0 Å². The summed E-state index contributed by atoms with van der Waals surface area (Å²) in [6.45, 7) is 1.15. The van der Waals surface area contributed by atoms with Gasteiger partial charge in [-0.05, 0) is 13.0 Å². The Hall–Kier alpha value is -1.20. The number of rotatable bonds is 3. The molecule has 76 valence electrons. The van der Waals surface area contributed by atoms with Crippen LogP contribution in [0.5, 0.6) is 0 Å². The second-order valence-corrected chi connectivity index (χ2v) is 5.01. The molecule has 0 amide bonds. The predicted octanol–water partition coefficient (Wildman–Crippen LogP) is 0.611. The monoisotopic (exact) mass is 214 g/mol. The molecule has 0 aliphatic heterocycles. The number of benzene rings is 1. The minimum absolute atomic E-state index is 0.0633. The zero-order valence-corrected chi connectivity index (χ0v) is 8.36. The molecular weight excluding hydrogens is 204 g/mol. The summed E-state index contributed by atoms with van der Waals surface area (Å²) in [4.78, 5) is 10.4. The van der Waals surface area contributed by atoms with E-state index in [4.69, 9.17) is 5.11 Å². The van der Waals surface area contributed by atoms with Crippen molar-refractivity contribution in [2.24, 2.45) is 0 Å². The van der Waals surface area contributed by atoms with Gasteiger partial charge in [-0.15, -0.1) is 0 Å². The number of hydrogen-bond donors (Lipinski definition) is 1. The highest BCUT2D eigenvalue weighted by molar-refractivity contribution is 7.92. The van der Waals surface area contributed by atoms with Gasteiger partial charge in [0.05, 0.1) is 4.90 Å². The number of aliphatic hydroxyl groups is 1. The first-order chi connectivity index (χ1) is 6.50. The van der Waals surface area contributed by atoms with Crippen LogP contribution < -0.4 is 0 Å². The quantitative estimate of drug-likeness (QED) is 0.748. The van der Waals surface area contributed by atoms with Crippen molar-refractivity contribution in [1.82, 2.24) is 0 Å². The van der Waals surface area contributed by atoms with Gasteiger partial charge in [-0.25, -0.2) is 8.42 Å². The summed E-state index contributed by atoms with van der Waals surface area (Å²) in [6.07, 6.45) is 0.454. The van der Waals surface area contributed by atoms with Gasteiger partial charge < -0.3 is 5.11 Å². The fraction of sp³-hybridized carbons (Fsp3) is 0.222. The zero-order chi connectivity index (χ0) is 10.8. The fourth-order valence-electron chi connectivity index (χ4n) is 1.02. The van der Waals surface area contributed by atoms with Crippen LogP contribution in [0, 0.1) is 0 Å². The Balaban J connectivity index is 3.40. The summed E-state index contributed by atoms with van der Waals surface area (Å²) in [5.41, 5.74) is -1.45. The number of hydrogen-bond acceptors (Lipinski definition) is 4. The second kappa shape index (κ2) is 3.89. The van der Waals surface area contributed by atoms with Crippen LogP contribution in [0.4, 0.5) is 0 Å². The summed E-state index contributed by atoms with van der Waals surface area (Å²) < 4.78 is 23.0. The van der Waals surface area contributed by atoms with E-state index in [-0.39, 0.29) is 10.5 Å². The van der Waals surface area contributed by atoms with Crippen LogP contribution in [-0.2, 0) is 9.84 Å². The van der Waals surface area contributed by atoms with E-state index in [1.54, 1.807) is 6.07 Å². The van der Waals surface area contributed by atoms with Gasteiger partial charge in [-0.2, -0.15) is 0 Å². The highest BCUT2D eigenvalue weighted by Crippen LogP contribution is 2.17. The Labute approximate surface area is 82.1 Å². The van der Waals surface area contributed by atoms with Crippen LogP contribution >= 0.6 is 0 Å². The molecule has 1 N–H and O–H groups in total. The minimum atomic E-state index is -3.80. The zero-order valence-electron chi connectivity index (χ0n) is 7.54. The highest BCUT2D eigenvalue weighted by atomic mass is 32.2. The molecule has 1 rings (SSSR count). The number of sulfone groups is 1. The largest absolute Gasteiger partial charge is 0.377 e. The Bertz CT molecular complexity index is 434. The lowest BCUT2D eigenvalue weighted by Crippen LogP contribution is -2.18. The predicted molar refractivity (Wildman–Crippen MR) is 50.7 cm³/mol. The van der Waals surface area contributed by atoms with Crippen molar-refractivity contribution in [2.45, 2.75) is 17.3 Å². The molecule has 1 aromatic rings. The van der Waals surface area contributed by atoms with Crippen molar-refractivity contribution in [2.75, 3.05) is 0 Å². The molecule has 0 fully saturated rings. The number of carbonyl (C=O) groups excluding carboxylic acids is 1. The standard InChI is InChI=1S/C9H10O4S/c1-7(11)14(12,13)9-5-3-2-4-8(9)6-10/h2-7,11H,1H3. The molecule has 0 heterocycles. The van der Waals surface area contributed by atoms with Crippen molar-refractivity contribution in [3.05, 3.63) is 29.8 Å². The van der Waals surface area contributed by atoms with Crippen molar-refractivity contribution >= 4 is 16.1 Å². The van der Waals surface area contributed by atoms with Gasteiger partial charge in [0.25, 0.3) is 0 Å². The van der Waals surface area contributed by atoms with E-state index in [1.165, 1.54) is 18.2 Å². The summed E-state index contributed by atoms with van der Waals surface area (Å²) in [6, 6.07) is 5.75. The fourth-order valence-corrected chi connectivity index (χ4v) is 2.10. The molecule has 14 heavy (non-hydrogen) atoms. The average molecular weight is 214 g/mol. The van der Waals surface area contributed by atoms with Crippen molar-refractivity contribution in [3.63, 3.8) is 0 Å². The summed E-state index contributed by atoms with van der Waals surface area (Å²) in [7, 11) is -3.80. The minimum Gasteiger partial charge on any atom is -0.377 e. The van der Waals surface area contributed by atoms with Gasteiger partial charge in [0.15, 0.2) is 11.7 Å². The lowest BCUT2D eigenvalue weighted by Gasteiger charge is -2.08. The molecule has 0 saturated heterocycles. The van der Waals surface area contributed by atoms with Crippen LogP contribution in [0.2, 0.25) is 0 Å². The molecule has 0 radical (unpaired) electrons. The first-order valence-corrected chi connectivity index (χ1v) is 5.51. The van der Waals surface area contributed by atoms with Gasteiger partial charge in [0.2, 0.25) is 9.84 Å². The van der Waals surface area contributed by atoms with E-state index in [0.29, 0.717) is 6.29 Å². The molecule has 0 aromatic heterocycles. The Morgan fingerprint density at radius 3 is 2.43 bits per heavy atom. The third-order valence-corrected chi connectivity index (χ3v) is 3.68. The van der Waals surface area contributed by atoms with Crippen LogP contribution in [0.3, 0.4) is 0 Å². The Morgan fingerprint density at radius 2 is 1.93 bits per heavy atom. The summed E-state index contributed by atoms with van der Waals surface area (Å²) in [5, 5.41) is 9.05. The lowest BCUT2D eigenvalue weighted by atomic mass is 10.2. The number of aliphatic hydroxyl groups excluding tert-OH is 1. The van der Waals surface area contributed by atoms with E-state index < -0.39 is 15.3 Å². The van der Waals surface area contributed by atoms with Gasteiger partial charge >= 0.3 is 0 Å². The van der Waals surface area contributed by atoms with E-state index in [9.17, 15) is 13.2 Å². The van der Waals surface area contributed by atoms with E-state index >= 15 is 0 Å². The molecule has 0 aliphatic rings. The van der Waals surface area contributed by atoms with Crippen molar-refractivity contribution in [3.8, 4) is 0 Å². The second-order valence-electron chi connectivity index (χ2n) is 2.80. The molecule has 0 bridgehead atoms. The Kier molecular flexibility index (Phi) is 3.03. The molecule has 4 nitrogen and oxygen atoms in total. The number of aldehydes is 1. The van der Waals surface area contributed by atoms with E-state index in [0.717, 1.165) is 6.92 Å². The van der Waals surface area contributed by atoms with Crippen molar-refractivity contribution < 1.29 is 18.3 Å². The maximum atomic E-state index is 11.5. The first-order valence-electron chi connectivity index (χ1n) is 3.96. The highest BCUT2D eigenvalue weighted by Gasteiger charge is 2.23. The molecule has 1 aromatic carbocycles. The van der Waals surface area contributed by atoms with Crippen LogP contribution in [0.15, 0.2) is 29.2 Å². The van der Waals surface area contributed by atoms with Gasteiger partial charge in [0, 0.05) is 5.56 Å². The van der Waals surface area contributed by atoms with Gasteiger partial charge in [-0.1, -0.05) is 18.2 Å². The molecule has 0 spiro atoms. The lowest BCUT2D eigenvalue weighted by molar-refractivity contribution is 0.112. The maximum absolute atomic E-state index is 11.5. The third kappa shape index (κ3) is 1.83.